The highest BCUT2D eigenvalue weighted by molar-refractivity contribution is 5.95. The molecule has 86 valence electrons. The van der Waals surface area contributed by atoms with Crippen LogP contribution in [-0.2, 0) is 0 Å². The van der Waals surface area contributed by atoms with Crippen LogP contribution in [0, 0.1) is 21.4 Å². The lowest BCUT2D eigenvalue weighted by atomic mass is 10.1. The Bertz CT molecular complexity index is 531. The van der Waals surface area contributed by atoms with E-state index in [-0.39, 0.29) is 16.8 Å². The Labute approximate surface area is 95.8 Å². The highest BCUT2D eigenvalue weighted by Crippen LogP contribution is 2.20. The lowest BCUT2D eigenvalue weighted by molar-refractivity contribution is -0.402. The smallest absolute Gasteiger partial charge is 0.337 e. The van der Waals surface area contributed by atoms with Crippen molar-refractivity contribution in [2.45, 2.75) is 0 Å². The molecule has 1 rings (SSSR count). The Balaban J connectivity index is 3.15. The fraction of sp³-hybridized carbons (Fsp3) is 0. The zero-order chi connectivity index (χ0) is 12.8. The van der Waals surface area contributed by atoms with Gasteiger partial charge in [-0.05, 0) is 12.1 Å². The average molecular weight is 233 g/mol. The highest BCUT2D eigenvalue weighted by atomic mass is 16.6. The quantitative estimate of drug-likeness (QED) is 0.599. The number of aromatic carboxylic acids is 1. The molecule has 0 saturated heterocycles. The lowest BCUT2D eigenvalue weighted by Gasteiger charge is -2.06. The van der Waals surface area contributed by atoms with Gasteiger partial charge >= 0.3 is 5.97 Å². The second kappa shape index (κ2) is 5.27. The maximum Gasteiger partial charge on any atom is 0.337 e. The number of carbonyl (C=O) groups is 1. The third-order valence-electron chi connectivity index (χ3n) is 1.84. The monoisotopic (exact) mass is 233 g/mol. The number of hydrogen-bond donors (Lipinski definition) is 2. The molecule has 0 fully saturated rings. The van der Waals surface area contributed by atoms with E-state index in [1.54, 1.807) is 6.07 Å². The summed E-state index contributed by atoms with van der Waals surface area (Å²) in [5.74, 6) is -1.22. The second-order valence-electron chi connectivity index (χ2n) is 2.89. The van der Waals surface area contributed by atoms with Gasteiger partial charge in [-0.25, -0.2) is 4.79 Å². The number of para-hydroxylation sites is 1. The van der Waals surface area contributed by atoms with Crippen LogP contribution in [0.1, 0.15) is 15.9 Å². The molecule has 0 spiro atoms. The SMILES string of the molecule is N#Cc1cccc(C(=O)O)c1N/C=C/[N+](=O)[O-]. The van der Waals surface area contributed by atoms with Crippen LogP contribution in [0.25, 0.3) is 0 Å². The molecule has 0 unspecified atom stereocenters. The summed E-state index contributed by atoms with van der Waals surface area (Å²) in [6, 6.07) is 5.93. The van der Waals surface area contributed by atoms with Gasteiger partial charge in [-0.1, -0.05) is 6.07 Å². The van der Waals surface area contributed by atoms with E-state index in [1.165, 1.54) is 18.2 Å². The largest absolute Gasteiger partial charge is 0.478 e. The molecule has 7 nitrogen and oxygen atoms in total. The second-order valence-corrected chi connectivity index (χ2v) is 2.89. The minimum atomic E-state index is -1.22. The molecule has 0 atom stereocenters. The molecule has 0 aliphatic rings. The number of nitriles is 1. The molecule has 0 heterocycles. The van der Waals surface area contributed by atoms with Crippen LogP contribution in [0.3, 0.4) is 0 Å². The molecule has 0 aliphatic heterocycles. The molecule has 2 N–H and O–H groups in total. The van der Waals surface area contributed by atoms with Crippen LogP contribution in [0.15, 0.2) is 30.6 Å². The average Bonchev–Trinajstić information content (AvgIpc) is 2.28. The van der Waals surface area contributed by atoms with E-state index >= 15 is 0 Å². The fourth-order valence-corrected chi connectivity index (χ4v) is 1.16. The fourth-order valence-electron chi connectivity index (χ4n) is 1.16. The normalized spacial score (nSPS) is 9.82. The molecule has 0 aromatic heterocycles. The third-order valence-corrected chi connectivity index (χ3v) is 1.84. The van der Waals surface area contributed by atoms with Crippen LogP contribution in [0.5, 0.6) is 0 Å². The van der Waals surface area contributed by atoms with Crippen molar-refractivity contribution < 1.29 is 14.8 Å². The molecule has 1 aromatic carbocycles. The first-order valence-corrected chi connectivity index (χ1v) is 4.39. The molecule has 17 heavy (non-hydrogen) atoms. The zero-order valence-corrected chi connectivity index (χ0v) is 8.45. The third kappa shape index (κ3) is 3.04. The minimum Gasteiger partial charge on any atom is -0.478 e. The van der Waals surface area contributed by atoms with Crippen molar-refractivity contribution in [3.63, 3.8) is 0 Å². The summed E-state index contributed by atoms with van der Waals surface area (Å²) < 4.78 is 0. The van der Waals surface area contributed by atoms with Crippen molar-refractivity contribution in [2.75, 3.05) is 5.32 Å². The topological polar surface area (TPSA) is 116 Å². The van der Waals surface area contributed by atoms with Crippen LogP contribution < -0.4 is 5.32 Å². The standard InChI is InChI=1S/C10H7N3O4/c11-6-7-2-1-3-8(10(14)15)9(7)12-4-5-13(16)17/h1-5,12H,(H,14,15)/b5-4+. The maximum absolute atomic E-state index is 10.9. The summed E-state index contributed by atoms with van der Waals surface area (Å²) in [6.07, 6.45) is 1.57. The summed E-state index contributed by atoms with van der Waals surface area (Å²) in [6.45, 7) is 0. The number of benzene rings is 1. The zero-order valence-electron chi connectivity index (χ0n) is 8.45. The van der Waals surface area contributed by atoms with Gasteiger partial charge in [0.15, 0.2) is 0 Å². The number of nitrogens with zero attached hydrogens (tertiary/aromatic N) is 2. The first kappa shape index (κ1) is 12.2. The van der Waals surface area contributed by atoms with E-state index in [4.69, 9.17) is 10.4 Å². The molecule has 0 saturated carbocycles. The molecule has 1 aromatic rings. The van der Waals surface area contributed by atoms with Gasteiger partial charge in [0, 0.05) is 0 Å². The van der Waals surface area contributed by atoms with E-state index in [0.717, 1.165) is 6.20 Å². The van der Waals surface area contributed by atoms with Gasteiger partial charge in [0.05, 0.1) is 27.9 Å². The van der Waals surface area contributed by atoms with E-state index in [9.17, 15) is 14.9 Å². The van der Waals surface area contributed by atoms with E-state index in [1.807, 2.05) is 0 Å². The van der Waals surface area contributed by atoms with Gasteiger partial charge in [0.25, 0.3) is 0 Å². The number of rotatable bonds is 4. The minimum absolute atomic E-state index is 0.0283. The molecular formula is C10H7N3O4. The number of carboxylic acid groups (broad SMARTS) is 1. The summed E-state index contributed by atoms with van der Waals surface area (Å²) >= 11 is 0. The number of nitrogens with one attached hydrogen (secondary N) is 1. The number of nitro groups is 1. The Morgan fingerprint density at radius 3 is 2.82 bits per heavy atom. The first-order chi connectivity index (χ1) is 8.06. The van der Waals surface area contributed by atoms with Crippen LogP contribution in [-0.4, -0.2) is 16.0 Å². The van der Waals surface area contributed by atoms with Gasteiger partial charge in [0.1, 0.15) is 6.07 Å². The van der Waals surface area contributed by atoms with Crippen molar-refractivity contribution >= 4 is 11.7 Å². The summed E-state index contributed by atoms with van der Waals surface area (Å²) in [5.41, 5.74) is -0.00412. The Morgan fingerprint density at radius 1 is 1.59 bits per heavy atom. The van der Waals surface area contributed by atoms with Crippen molar-refractivity contribution in [1.82, 2.24) is 0 Å². The Kier molecular flexibility index (Phi) is 3.78. The number of anilines is 1. The van der Waals surface area contributed by atoms with Crippen molar-refractivity contribution in [2.24, 2.45) is 0 Å². The molecule has 7 heteroatoms. The van der Waals surface area contributed by atoms with Crippen LogP contribution in [0.2, 0.25) is 0 Å². The maximum atomic E-state index is 10.9. The molecular weight excluding hydrogens is 226 g/mol. The van der Waals surface area contributed by atoms with Crippen molar-refractivity contribution in [1.29, 1.82) is 5.26 Å². The number of carboxylic acids is 1. The Morgan fingerprint density at radius 2 is 2.29 bits per heavy atom. The molecule has 0 bridgehead atoms. The first-order valence-electron chi connectivity index (χ1n) is 4.39. The molecule has 0 amide bonds. The van der Waals surface area contributed by atoms with Crippen LogP contribution >= 0.6 is 0 Å². The van der Waals surface area contributed by atoms with E-state index in [0.29, 0.717) is 6.20 Å². The van der Waals surface area contributed by atoms with Gasteiger partial charge in [-0.15, -0.1) is 0 Å². The lowest BCUT2D eigenvalue weighted by Crippen LogP contribution is -2.04. The van der Waals surface area contributed by atoms with Crippen molar-refractivity contribution in [3.05, 3.63) is 51.8 Å². The highest BCUT2D eigenvalue weighted by Gasteiger charge is 2.12. The summed E-state index contributed by atoms with van der Waals surface area (Å²) in [5, 5.41) is 30.2. The predicted molar refractivity (Wildman–Crippen MR) is 57.9 cm³/mol. The van der Waals surface area contributed by atoms with E-state index in [2.05, 4.69) is 5.32 Å². The van der Waals surface area contributed by atoms with Gasteiger partial charge in [-0.3, -0.25) is 10.1 Å². The summed E-state index contributed by atoms with van der Waals surface area (Å²) in [7, 11) is 0. The van der Waals surface area contributed by atoms with Gasteiger partial charge < -0.3 is 10.4 Å². The van der Waals surface area contributed by atoms with E-state index < -0.39 is 10.9 Å². The number of hydrogen-bond acceptors (Lipinski definition) is 5. The molecule has 0 aliphatic carbocycles. The predicted octanol–water partition coefficient (Wildman–Crippen LogP) is 1.42. The Hall–Kier alpha value is -2.88. The van der Waals surface area contributed by atoms with Crippen molar-refractivity contribution in [3.8, 4) is 6.07 Å². The molecule has 0 radical (unpaired) electrons. The van der Waals surface area contributed by atoms with Crippen LogP contribution in [0.4, 0.5) is 5.69 Å². The van der Waals surface area contributed by atoms with Gasteiger partial charge in [-0.2, -0.15) is 5.26 Å². The van der Waals surface area contributed by atoms with Gasteiger partial charge in [0.2, 0.25) is 6.20 Å². The summed E-state index contributed by atoms with van der Waals surface area (Å²) in [4.78, 5) is 20.2.